The summed E-state index contributed by atoms with van der Waals surface area (Å²) in [6, 6.07) is 0. The highest BCUT2D eigenvalue weighted by molar-refractivity contribution is 6.29. The molecule has 0 aliphatic heterocycles. The first-order valence-corrected chi connectivity index (χ1v) is 4.19. The highest BCUT2D eigenvalue weighted by atomic mass is 35.5. The second kappa shape index (κ2) is 3.27. The lowest BCUT2D eigenvalue weighted by molar-refractivity contribution is 0.746. The van der Waals surface area contributed by atoms with Crippen LogP contribution in [-0.2, 0) is 6.54 Å². The summed E-state index contributed by atoms with van der Waals surface area (Å²) in [4.78, 5) is 3.90. The van der Waals surface area contributed by atoms with Gasteiger partial charge in [0.1, 0.15) is 5.15 Å². The zero-order valence-corrected chi connectivity index (χ0v) is 7.78. The molecule has 0 fully saturated rings. The minimum atomic E-state index is 0.435. The highest BCUT2D eigenvalue weighted by Gasteiger charge is 2.04. The fourth-order valence-electron chi connectivity index (χ4n) is 1.10. The third-order valence-electron chi connectivity index (χ3n) is 1.67. The maximum Gasteiger partial charge on any atom is 0.179 e. The number of nitrogens with zero attached hydrogens (tertiary/aromatic N) is 4. The van der Waals surface area contributed by atoms with E-state index in [0.29, 0.717) is 17.3 Å². The molecule has 0 aliphatic carbocycles. The van der Waals surface area contributed by atoms with Crippen LogP contribution in [0, 0.1) is 0 Å². The largest absolute Gasteiger partial charge is 0.313 e. The number of hydrogen-bond acceptors (Lipinski definition) is 4. The Labute approximate surface area is 79.8 Å². The minimum absolute atomic E-state index is 0.435. The SMILES string of the molecule is CNCc1nnc2cnc(Cl)cn12. The van der Waals surface area contributed by atoms with Crippen LogP contribution in [0.3, 0.4) is 0 Å². The van der Waals surface area contributed by atoms with Gasteiger partial charge in [-0.3, -0.25) is 4.40 Å². The van der Waals surface area contributed by atoms with Crippen molar-refractivity contribution in [2.75, 3.05) is 7.05 Å². The van der Waals surface area contributed by atoms with E-state index in [1.54, 1.807) is 12.4 Å². The highest BCUT2D eigenvalue weighted by Crippen LogP contribution is 2.07. The molecule has 13 heavy (non-hydrogen) atoms. The quantitative estimate of drug-likeness (QED) is 0.762. The molecule has 2 aromatic rings. The average Bonchev–Trinajstić information content (AvgIpc) is 2.49. The molecule has 0 aliphatic rings. The Morgan fingerprint density at radius 1 is 1.54 bits per heavy atom. The van der Waals surface area contributed by atoms with Crippen LogP contribution in [0.5, 0.6) is 0 Å². The van der Waals surface area contributed by atoms with E-state index in [1.807, 2.05) is 11.4 Å². The van der Waals surface area contributed by atoms with Crippen molar-refractivity contribution in [2.24, 2.45) is 0 Å². The van der Waals surface area contributed by atoms with Gasteiger partial charge >= 0.3 is 0 Å². The first kappa shape index (κ1) is 8.40. The molecule has 0 spiro atoms. The number of halogens is 1. The lowest BCUT2D eigenvalue weighted by Gasteiger charge is -1.97. The molecule has 0 radical (unpaired) electrons. The van der Waals surface area contributed by atoms with Crippen LogP contribution >= 0.6 is 11.6 Å². The lowest BCUT2D eigenvalue weighted by Crippen LogP contribution is -2.08. The number of fused-ring (bicyclic) bond motifs is 1. The molecule has 0 saturated carbocycles. The van der Waals surface area contributed by atoms with E-state index in [-0.39, 0.29) is 0 Å². The number of rotatable bonds is 2. The average molecular weight is 198 g/mol. The van der Waals surface area contributed by atoms with Crippen molar-refractivity contribution in [3.63, 3.8) is 0 Å². The topological polar surface area (TPSA) is 55.1 Å². The van der Waals surface area contributed by atoms with Gasteiger partial charge in [0.25, 0.3) is 0 Å². The second-order valence-electron chi connectivity index (χ2n) is 2.58. The van der Waals surface area contributed by atoms with Crippen LogP contribution < -0.4 is 5.32 Å². The van der Waals surface area contributed by atoms with Gasteiger partial charge in [-0.1, -0.05) is 11.6 Å². The normalized spacial score (nSPS) is 10.9. The third-order valence-corrected chi connectivity index (χ3v) is 1.86. The summed E-state index contributed by atoms with van der Waals surface area (Å²) in [5.41, 5.74) is 0.703. The predicted octanol–water partition coefficient (Wildman–Crippen LogP) is 0.497. The fraction of sp³-hybridized carbons (Fsp3) is 0.286. The van der Waals surface area contributed by atoms with Gasteiger partial charge in [-0.15, -0.1) is 10.2 Å². The van der Waals surface area contributed by atoms with Crippen LogP contribution in [0.4, 0.5) is 0 Å². The molecular formula is C7H8ClN5. The summed E-state index contributed by atoms with van der Waals surface area (Å²) in [6.45, 7) is 0.654. The number of aromatic nitrogens is 4. The van der Waals surface area contributed by atoms with Gasteiger partial charge in [0.05, 0.1) is 12.7 Å². The molecule has 2 heterocycles. The van der Waals surface area contributed by atoms with E-state index in [4.69, 9.17) is 11.6 Å². The monoisotopic (exact) mass is 197 g/mol. The molecule has 0 unspecified atom stereocenters. The first-order chi connectivity index (χ1) is 6.31. The van der Waals surface area contributed by atoms with Crippen molar-refractivity contribution < 1.29 is 0 Å². The van der Waals surface area contributed by atoms with Gasteiger partial charge in [-0.2, -0.15) is 0 Å². The molecule has 2 rings (SSSR count). The van der Waals surface area contributed by atoms with E-state index in [2.05, 4.69) is 20.5 Å². The van der Waals surface area contributed by atoms with Crippen molar-refractivity contribution in [3.8, 4) is 0 Å². The molecule has 1 N–H and O–H groups in total. The second-order valence-corrected chi connectivity index (χ2v) is 2.97. The van der Waals surface area contributed by atoms with E-state index < -0.39 is 0 Å². The van der Waals surface area contributed by atoms with Gasteiger partial charge < -0.3 is 5.32 Å². The van der Waals surface area contributed by atoms with Gasteiger partial charge in [-0.05, 0) is 7.05 Å². The smallest absolute Gasteiger partial charge is 0.179 e. The minimum Gasteiger partial charge on any atom is -0.313 e. The van der Waals surface area contributed by atoms with Gasteiger partial charge in [0.2, 0.25) is 0 Å². The molecule has 68 valence electrons. The zero-order chi connectivity index (χ0) is 9.26. The summed E-state index contributed by atoms with van der Waals surface area (Å²) in [6.07, 6.45) is 3.29. The van der Waals surface area contributed by atoms with Gasteiger partial charge in [0.15, 0.2) is 11.5 Å². The van der Waals surface area contributed by atoms with Crippen LogP contribution in [0.25, 0.3) is 5.65 Å². The van der Waals surface area contributed by atoms with Crippen molar-refractivity contribution in [1.29, 1.82) is 0 Å². The molecule has 2 aromatic heterocycles. The van der Waals surface area contributed by atoms with Crippen LogP contribution in [0.1, 0.15) is 5.82 Å². The first-order valence-electron chi connectivity index (χ1n) is 3.81. The fourth-order valence-corrected chi connectivity index (χ4v) is 1.25. The lowest BCUT2D eigenvalue weighted by atomic mass is 10.5. The standard InChI is InChI=1S/C7H8ClN5/c1-9-2-6-11-12-7-3-10-5(8)4-13(6)7/h3-4,9H,2H2,1H3. The third kappa shape index (κ3) is 1.48. The Bertz CT molecular complexity index is 424. The van der Waals surface area contributed by atoms with Gasteiger partial charge in [0, 0.05) is 6.20 Å². The summed E-state index contributed by atoms with van der Waals surface area (Å²) < 4.78 is 1.81. The maximum absolute atomic E-state index is 5.74. The Morgan fingerprint density at radius 2 is 2.38 bits per heavy atom. The number of hydrogen-bond donors (Lipinski definition) is 1. The van der Waals surface area contributed by atoms with Crippen molar-refractivity contribution in [3.05, 3.63) is 23.4 Å². The zero-order valence-electron chi connectivity index (χ0n) is 7.03. The van der Waals surface area contributed by atoms with Crippen molar-refractivity contribution in [2.45, 2.75) is 6.54 Å². The van der Waals surface area contributed by atoms with Gasteiger partial charge in [-0.25, -0.2) is 4.98 Å². The number of nitrogens with one attached hydrogen (secondary N) is 1. The van der Waals surface area contributed by atoms with Crippen molar-refractivity contribution in [1.82, 2.24) is 24.9 Å². The molecule has 0 amide bonds. The maximum atomic E-state index is 5.74. The van der Waals surface area contributed by atoms with Crippen molar-refractivity contribution >= 4 is 17.2 Å². The summed E-state index contributed by atoms with van der Waals surface area (Å²) in [7, 11) is 1.85. The summed E-state index contributed by atoms with van der Waals surface area (Å²) in [5.74, 6) is 0.821. The Balaban J connectivity index is 2.58. The van der Waals surface area contributed by atoms with E-state index >= 15 is 0 Å². The summed E-state index contributed by atoms with van der Waals surface area (Å²) >= 11 is 5.74. The molecular weight excluding hydrogens is 190 g/mol. The van der Waals surface area contributed by atoms with E-state index in [1.165, 1.54) is 0 Å². The Kier molecular flexibility index (Phi) is 2.12. The molecule has 0 aromatic carbocycles. The Hall–Kier alpha value is -1.20. The predicted molar refractivity (Wildman–Crippen MR) is 48.6 cm³/mol. The molecule has 0 saturated heterocycles. The van der Waals surface area contributed by atoms with E-state index in [0.717, 1.165) is 5.82 Å². The van der Waals surface area contributed by atoms with E-state index in [9.17, 15) is 0 Å². The molecule has 0 bridgehead atoms. The molecule has 6 heteroatoms. The Morgan fingerprint density at radius 3 is 3.15 bits per heavy atom. The summed E-state index contributed by atoms with van der Waals surface area (Å²) in [5, 5.41) is 11.3. The van der Waals surface area contributed by atoms with Crippen LogP contribution in [0.15, 0.2) is 12.4 Å². The molecule has 5 nitrogen and oxygen atoms in total. The van der Waals surface area contributed by atoms with Crippen LogP contribution in [0.2, 0.25) is 5.15 Å². The molecule has 0 atom stereocenters. The van der Waals surface area contributed by atoms with Crippen LogP contribution in [-0.4, -0.2) is 26.6 Å².